The number of hydrogen-bond acceptors (Lipinski definition) is 2. The average Bonchev–Trinajstić information content (AvgIpc) is 2.30. The van der Waals surface area contributed by atoms with Crippen LogP contribution in [0.15, 0.2) is 30.3 Å². The molecule has 0 fully saturated rings. The Balaban J connectivity index is 2.12. The van der Waals surface area contributed by atoms with Crippen LogP contribution in [0, 0.1) is 0 Å². The van der Waals surface area contributed by atoms with Crippen molar-refractivity contribution >= 4 is 11.6 Å². The molecule has 0 aliphatic carbocycles. The van der Waals surface area contributed by atoms with E-state index in [1.807, 2.05) is 30.3 Å². The Morgan fingerprint density at radius 1 is 1.06 bits per heavy atom. The van der Waals surface area contributed by atoms with E-state index in [4.69, 9.17) is 5.73 Å². The van der Waals surface area contributed by atoms with Gasteiger partial charge in [0.25, 0.3) is 0 Å². The maximum atomic E-state index is 11.5. The summed E-state index contributed by atoms with van der Waals surface area (Å²) in [6.45, 7) is 0.746. The number of nitrogens with one attached hydrogen (secondary N) is 1. The van der Waals surface area contributed by atoms with Gasteiger partial charge in [-0.1, -0.05) is 31.0 Å². The Labute approximate surface area is 97.0 Å². The van der Waals surface area contributed by atoms with E-state index in [2.05, 4.69) is 5.32 Å². The lowest BCUT2D eigenvalue weighted by molar-refractivity contribution is -0.116. The van der Waals surface area contributed by atoms with E-state index < -0.39 is 0 Å². The van der Waals surface area contributed by atoms with Gasteiger partial charge in [-0.15, -0.1) is 0 Å². The molecule has 1 amide bonds. The number of para-hydroxylation sites is 1. The molecule has 0 spiro atoms. The SMILES string of the molecule is NCCCCCCC(=O)Nc1ccccc1. The van der Waals surface area contributed by atoms with Crippen LogP contribution in [0.25, 0.3) is 0 Å². The molecule has 1 aromatic carbocycles. The third-order valence-electron chi connectivity index (χ3n) is 2.42. The quantitative estimate of drug-likeness (QED) is 0.694. The van der Waals surface area contributed by atoms with Crippen LogP contribution in [0.2, 0.25) is 0 Å². The topological polar surface area (TPSA) is 55.1 Å². The molecule has 0 radical (unpaired) electrons. The van der Waals surface area contributed by atoms with E-state index in [1.54, 1.807) is 0 Å². The monoisotopic (exact) mass is 220 g/mol. The molecule has 1 rings (SSSR count). The van der Waals surface area contributed by atoms with Crippen molar-refractivity contribution in [2.75, 3.05) is 11.9 Å². The third-order valence-corrected chi connectivity index (χ3v) is 2.42. The summed E-state index contributed by atoms with van der Waals surface area (Å²) in [5.41, 5.74) is 6.26. The summed E-state index contributed by atoms with van der Waals surface area (Å²) in [4.78, 5) is 11.5. The highest BCUT2D eigenvalue weighted by molar-refractivity contribution is 5.90. The molecule has 0 saturated carbocycles. The van der Waals surface area contributed by atoms with Crippen LogP contribution in [-0.4, -0.2) is 12.5 Å². The number of unbranched alkanes of at least 4 members (excludes halogenated alkanes) is 3. The summed E-state index contributed by atoms with van der Waals surface area (Å²) in [5.74, 6) is 0.0962. The Morgan fingerprint density at radius 3 is 2.44 bits per heavy atom. The molecule has 0 heterocycles. The number of anilines is 1. The minimum Gasteiger partial charge on any atom is -0.330 e. The van der Waals surface area contributed by atoms with Gasteiger partial charge in [-0.05, 0) is 31.5 Å². The van der Waals surface area contributed by atoms with Crippen molar-refractivity contribution in [3.05, 3.63) is 30.3 Å². The van der Waals surface area contributed by atoms with E-state index in [9.17, 15) is 4.79 Å². The number of rotatable bonds is 7. The first-order chi connectivity index (χ1) is 7.83. The molecule has 1 aromatic rings. The Kier molecular flexibility index (Phi) is 6.26. The summed E-state index contributed by atoms with van der Waals surface area (Å²) in [6, 6.07) is 9.55. The lowest BCUT2D eigenvalue weighted by Gasteiger charge is -2.04. The average molecular weight is 220 g/mol. The van der Waals surface area contributed by atoms with Crippen LogP contribution in [0.1, 0.15) is 32.1 Å². The molecule has 0 aliphatic heterocycles. The molecule has 0 unspecified atom stereocenters. The van der Waals surface area contributed by atoms with Gasteiger partial charge in [0.15, 0.2) is 0 Å². The van der Waals surface area contributed by atoms with Gasteiger partial charge in [0.1, 0.15) is 0 Å². The second-order valence-corrected chi connectivity index (χ2v) is 3.87. The maximum absolute atomic E-state index is 11.5. The number of hydrogen-bond donors (Lipinski definition) is 2. The summed E-state index contributed by atoms with van der Waals surface area (Å²) < 4.78 is 0. The van der Waals surface area contributed by atoms with Gasteiger partial charge in [-0.3, -0.25) is 4.79 Å². The zero-order valence-electron chi connectivity index (χ0n) is 9.61. The van der Waals surface area contributed by atoms with Crippen LogP contribution >= 0.6 is 0 Å². The summed E-state index contributed by atoms with van der Waals surface area (Å²) in [7, 11) is 0. The predicted octanol–water partition coefficient (Wildman–Crippen LogP) is 2.53. The van der Waals surface area contributed by atoms with Gasteiger partial charge < -0.3 is 11.1 Å². The molecule has 3 nitrogen and oxygen atoms in total. The Hall–Kier alpha value is -1.35. The zero-order chi connectivity index (χ0) is 11.6. The molecular weight excluding hydrogens is 200 g/mol. The van der Waals surface area contributed by atoms with E-state index in [1.165, 1.54) is 0 Å². The second kappa shape index (κ2) is 7.88. The van der Waals surface area contributed by atoms with Crippen molar-refractivity contribution in [2.45, 2.75) is 32.1 Å². The van der Waals surface area contributed by atoms with E-state index in [0.29, 0.717) is 6.42 Å². The first-order valence-electron chi connectivity index (χ1n) is 5.88. The van der Waals surface area contributed by atoms with E-state index >= 15 is 0 Å². The predicted molar refractivity (Wildman–Crippen MR) is 67.2 cm³/mol. The van der Waals surface area contributed by atoms with Crippen molar-refractivity contribution in [1.82, 2.24) is 0 Å². The molecule has 3 heteroatoms. The van der Waals surface area contributed by atoms with Gasteiger partial charge in [0, 0.05) is 12.1 Å². The standard InChI is InChI=1S/C13H20N2O/c14-11-7-2-1-6-10-13(16)15-12-8-4-3-5-9-12/h3-5,8-9H,1-2,6-7,10-11,14H2,(H,15,16). The molecule has 88 valence electrons. The normalized spacial score (nSPS) is 10.1. The van der Waals surface area contributed by atoms with Crippen molar-refractivity contribution < 1.29 is 4.79 Å². The fourth-order valence-electron chi connectivity index (χ4n) is 1.53. The highest BCUT2D eigenvalue weighted by Crippen LogP contribution is 2.07. The first kappa shape index (κ1) is 12.7. The van der Waals surface area contributed by atoms with Crippen LogP contribution in [0.3, 0.4) is 0 Å². The van der Waals surface area contributed by atoms with E-state index in [0.717, 1.165) is 37.9 Å². The summed E-state index contributed by atoms with van der Waals surface area (Å²) in [6.07, 6.45) is 4.80. The summed E-state index contributed by atoms with van der Waals surface area (Å²) >= 11 is 0. The molecule has 0 bridgehead atoms. The fourth-order valence-corrected chi connectivity index (χ4v) is 1.53. The lowest BCUT2D eigenvalue weighted by Crippen LogP contribution is -2.10. The fraction of sp³-hybridized carbons (Fsp3) is 0.462. The number of nitrogens with two attached hydrogens (primary N) is 1. The van der Waals surface area contributed by atoms with Crippen LogP contribution in [0.4, 0.5) is 5.69 Å². The molecule has 3 N–H and O–H groups in total. The van der Waals surface area contributed by atoms with Crippen molar-refractivity contribution in [1.29, 1.82) is 0 Å². The molecule has 0 atom stereocenters. The molecule has 0 saturated heterocycles. The summed E-state index contributed by atoms with van der Waals surface area (Å²) in [5, 5.41) is 2.87. The van der Waals surface area contributed by atoms with Crippen molar-refractivity contribution in [2.24, 2.45) is 5.73 Å². The highest BCUT2D eigenvalue weighted by atomic mass is 16.1. The van der Waals surface area contributed by atoms with Gasteiger partial charge in [-0.2, -0.15) is 0 Å². The molecule has 16 heavy (non-hydrogen) atoms. The smallest absolute Gasteiger partial charge is 0.224 e. The van der Waals surface area contributed by atoms with Crippen LogP contribution in [0.5, 0.6) is 0 Å². The molecule has 0 aromatic heterocycles. The first-order valence-corrected chi connectivity index (χ1v) is 5.88. The maximum Gasteiger partial charge on any atom is 0.224 e. The van der Waals surface area contributed by atoms with Gasteiger partial charge >= 0.3 is 0 Å². The minimum atomic E-state index is 0.0962. The number of benzene rings is 1. The van der Waals surface area contributed by atoms with Gasteiger partial charge in [0.2, 0.25) is 5.91 Å². The van der Waals surface area contributed by atoms with E-state index in [-0.39, 0.29) is 5.91 Å². The zero-order valence-corrected chi connectivity index (χ0v) is 9.61. The van der Waals surface area contributed by atoms with Gasteiger partial charge in [0.05, 0.1) is 0 Å². The highest BCUT2D eigenvalue weighted by Gasteiger charge is 2.00. The van der Waals surface area contributed by atoms with Crippen LogP contribution < -0.4 is 11.1 Å². The number of carbonyl (C=O) groups excluding carboxylic acids is 1. The Bertz CT molecular complexity index is 298. The minimum absolute atomic E-state index is 0.0962. The number of carbonyl (C=O) groups is 1. The lowest BCUT2D eigenvalue weighted by atomic mass is 10.1. The Morgan fingerprint density at radius 2 is 1.75 bits per heavy atom. The number of amides is 1. The van der Waals surface area contributed by atoms with Crippen LogP contribution in [-0.2, 0) is 4.79 Å². The van der Waals surface area contributed by atoms with Crippen molar-refractivity contribution in [3.8, 4) is 0 Å². The second-order valence-electron chi connectivity index (χ2n) is 3.87. The largest absolute Gasteiger partial charge is 0.330 e. The van der Waals surface area contributed by atoms with Gasteiger partial charge in [-0.25, -0.2) is 0 Å². The third kappa shape index (κ3) is 5.51. The molecular formula is C13H20N2O. The van der Waals surface area contributed by atoms with Crippen molar-refractivity contribution in [3.63, 3.8) is 0 Å². The molecule has 0 aliphatic rings.